The van der Waals surface area contributed by atoms with Crippen molar-refractivity contribution in [1.29, 1.82) is 5.26 Å². The van der Waals surface area contributed by atoms with Crippen LogP contribution in [0, 0.1) is 11.3 Å². The molecular formula is C27H16BrClN2O3. The third-order valence-electron chi connectivity index (χ3n) is 4.93. The zero-order chi connectivity index (χ0) is 24.1. The lowest BCUT2D eigenvalue weighted by Crippen LogP contribution is -2.14. The van der Waals surface area contributed by atoms with Crippen LogP contribution in [0.3, 0.4) is 0 Å². The first-order valence-corrected chi connectivity index (χ1v) is 11.3. The van der Waals surface area contributed by atoms with Crippen LogP contribution in [0.2, 0.25) is 5.02 Å². The molecule has 0 saturated carbocycles. The molecule has 34 heavy (non-hydrogen) atoms. The Balaban J connectivity index is 1.65. The Morgan fingerprint density at radius 1 is 0.971 bits per heavy atom. The van der Waals surface area contributed by atoms with Gasteiger partial charge in [0.25, 0.3) is 5.91 Å². The first-order chi connectivity index (χ1) is 16.4. The molecule has 0 aliphatic carbocycles. The van der Waals surface area contributed by atoms with E-state index in [9.17, 15) is 14.9 Å². The maximum absolute atomic E-state index is 13.0. The van der Waals surface area contributed by atoms with Gasteiger partial charge in [0.15, 0.2) is 0 Å². The molecule has 0 aliphatic heterocycles. The summed E-state index contributed by atoms with van der Waals surface area (Å²) in [5, 5.41) is 14.4. The minimum absolute atomic E-state index is 0.166. The molecule has 0 spiro atoms. The molecular weight excluding hydrogens is 516 g/mol. The zero-order valence-corrected chi connectivity index (χ0v) is 19.9. The third-order valence-corrected chi connectivity index (χ3v) is 5.66. The number of anilines is 1. The Kier molecular flexibility index (Phi) is 7.07. The highest BCUT2D eigenvalue weighted by molar-refractivity contribution is 9.10. The van der Waals surface area contributed by atoms with E-state index in [2.05, 4.69) is 21.2 Å². The van der Waals surface area contributed by atoms with E-state index >= 15 is 0 Å². The van der Waals surface area contributed by atoms with Crippen molar-refractivity contribution in [1.82, 2.24) is 0 Å². The maximum atomic E-state index is 13.0. The van der Waals surface area contributed by atoms with Gasteiger partial charge in [-0.25, -0.2) is 4.79 Å². The summed E-state index contributed by atoms with van der Waals surface area (Å²) in [6, 6.07) is 26.4. The average molecular weight is 532 g/mol. The van der Waals surface area contributed by atoms with Crippen molar-refractivity contribution >= 4 is 61.9 Å². The Morgan fingerprint density at radius 3 is 2.53 bits per heavy atom. The van der Waals surface area contributed by atoms with Gasteiger partial charge in [-0.2, -0.15) is 5.26 Å². The summed E-state index contributed by atoms with van der Waals surface area (Å²) >= 11 is 9.34. The predicted octanol–water partition coefficient (Wildman–Crippen LogP) is 7.02. The standard InChI is InChI=1S/C27H16BrClN2O3/c28-20-11-12-25(34-27(33)24-10-3-6-17-5-1-2-9-23(17)24)18(14-20)13-19(16-30)26(32)31-22-8-4-7-21(29)15-22/h1-15H,(H,31,32)/b19-13+. The number of carbonyl (C=O) groups excluding carboxylic acids is 2. The van der Waals surface area contributed by atoms with Gasteiger partial charge in [-0.15, -0.1) is 0 Å². The molecule has 0 heterocycles. The van der Waals surface area contributed by atoms with Crippen molar-refractivity contribution in [2.24, 2.45) is 0 Å². The first kappa shape index (κ1) is 23.2. The number of esters is 1. The van der Waals surface area contributed by atoms with Crippen molar-refractivity contribution in [3.8, 4) is 11.8 Å². The van der Waals surface area contributed by atoms with Crippen LogP contribution in [0.4, 0.5) is 5.69 Å². The second kappa shape index (κ2) is 10.3. The van der Waals surface area contributed by atoms with E-state index < -0.39 is 11.9 Å². The van der Waals surface area contributed by atoms with E-state index in [-0.39, 0.29) is 11.3 Å². The number of fused-ring (bicyclic) bond motifs is 1. The molecule has 4 rings (SSSR count). The number of carbonyl (C=O) groups is 2. The monoisotopic (exact) mass is 530 g/mol. The fourth-order valence-corrected chi connectivity index (χ4v) is 3.92. The average Bonchev–Trinajstić information content (AvgIpc) is 2.83. The van der Waals surface area contributed by atoms with Gasteiger partial charge in [0.1, 0.15) is 17.4 Å². The smallest absolute Gasteiger partial charge is 0.344 e. The normalized spacial score (nSPS) is 11.0. The molecule has 1 N–H and O–H groups in total. The Morgan fingerprint density at radius 2 is 1.74 bits per heavy atom. The number of benzene rings is 4. The number of hydrogen-bond donors (Lipinski definition) is 1. The van der Waals surface area contributed by atoms with E-state index in [0.717, 1.165) is 10.8 Å². The summed E-state index contributed by atoms with van der Waals surface area (Å²) in [7, 11) is 0. The molecule has 0 atom stereocenters. The molecule has 0 unspecified atom stereocenters. The van der Waals surface area contributed by atoms with Crippen LogP contribution in [0.1, 0.15) is 15.9 Å². The second-order valence-corrected chi connectivity index (χ2v) is 8.58. The minimum Gasteiger partial charge on any atom is -0.422 e. The number of halogens is 2. The van der Waals surface area contributed by atoms with Crippen LogP contribution in [0.15, 0.2) is 95.0 Å². The maximum Gasteiger partial charge on any atom is 0.344 e. The van der Waals surface area contributed by atoms with Gasteiger partial charge in [-0.3, -0.25) is 4.79 Å². The highest BCUT2D eigenvalue weighted by atomic mass is 79.9. The molecule has 4 aromatic carbocycles. The largest absolute Gasteiger partial charge is 0.422 e. The number of hydrogen-bond acceptors (Lipinski definition) is 4. The molecule has 5 nitrogen and oxygen atoms in total. The second-order valence-electron chi connectivity index (χ2n) is 7.23. The Hall–Kier alpha value is -3.92. The van der Waals surface area contributed by atoms with Gasteiger partial charge in [0.05, 0.1) is 5.56 Å². The van der Waals surface area contributed by atoms with Gasteiger partial charge < -0.3 is 10.1 Å². The first-order valence-electron chi connectivity index (χ1n) is 10.1. The zero-order valence-electron chi connectivity index (χ0n) is 17.6. The highest BCUT2D eigenvalue weighted by Gasteiger charge is 2.16. The van der Waals surface area contributed by atoms with E-state index in [0.29, 0.717) is 26.3 Å². The summed E-state index contributed by atoms with van der Waals surface area (Å²) < 4.78 is 6.38. The summed E-state index contributed by atoms with van der Waals surface area (Å²) in [5.41, 5.74) is 1.09. The minimum atomic E-state index is -0.615. The molecule has 1 amide bonds. The SMILES string of the molecule is N#C/C(=C\c1cc(Br)ccc1OC(=O)c1cccc2ccccc12)C(=O)Nc1cccc(Cl)c1. The lowest BCUT2D eigenvalue weighted by Gasteiger charge is -2.11. The molecule has 7 heteroatoms. The van der Waals surface area contributed by atoms with Crippen molar-refractivity contribution in [2.75, 3.05) is 5.32 Å². The molecule has 0 fully saturated rings. The van der Waals surface area contributed by atoms with Crippen LogP contribution in [-0.2, 0) is 4.79 Å². The van der Waals surface area contributed by atoms with Gasteiger partial charge in [0, 0.05) is 20.7 Å². The lowest BCUT2D eigenvalue weighted by molar-refractivity contribution is -0.112. The van der Waals surface area contributed by atoms with Crippen molar-refractivity contribution < 1.29 is 14.3 Å². The Bertz CT molecular complexity index is 1490. The summed E-state index contributed by atoms with van der Waals surface area (Å²) in [5.74, 6) is -0.948. The highest BCUT2D eigenvalue weighted by Crippen LogP contribution is 2.28. The summed E-state index contributed by atoms with van der Waals surface area (Å²) in [4.78, 5) is 25.7. The van der Waals surface area contributed by atoms with E-state index in [1.807, 2.05) is 36.4 Å². The van der Waals surface area contributed by atoms with Gasteiger partial charge in [0.2, 0.25) is 0 Å². The van der Waals surface area contributed by atoms with Crippen molar-refractivity contribution in [3.05, 3.63) is 111 Å². The van der Waals surface area contributed by atoms with E-state index in [1.54, 1.807) is 54.6 Å². The van der Waals surface area contributed by atoms with Crippen LogP contribution in [-0.4, -0.2) is 11.9 Å². The quantitative estimate of drug-likeness (QED) is 0.130. The van der Waals surface area contributed by atoms with Gasteiger partial charge in [-0.05, 0) is 59.3 Å². The molecule has 0 aromatic heterocycles. The molecule has 166 valence electrons. The molecule has 0 aliphatic rings. The molecule has 0 saturated heterocycles. The van der Waals surface area contributed by atoms with Crippen LogP contribution < -0.4 is 10.1 Å². The van der Waals surface area contributed by atoms with E-state index in [4.69, 9.17) is 16.3 Å². The van der Waals surface area contributed by atoms with Gasteiger partial charge >= 0.3 is 5.97 Å². The topological polar surface area (TPSA) is 79.2 Å². The lowest BCUT2D eigenvalue weighted by atomic mass is 10.0. The van der Waals surface area contributed by atoms with Crippen molar-refractivity contribution in [3.63, 3.8) is 0 Å². The van der Waals surface area contributed by atoms with Crippen molar-refractivity contribution in [2.45, 2.75) is 0 Å². The van der Waals surface area contributed by atoms with Crippen LogP contribution in [0.5, 0.6) is 5.75 Å². The fourth-order valence-electron chi connectivity index (χ4n) is 3.35. The number of nitrogens with zero attached hydrogens (tertiary/aromatic N) is 1. The fraction of sp³-hybridized carbons (Fsp3) is 0. The number of rotatable bonds is 5. The third kappa shape index (κ3) is 5.34. The number of ether oxygens (including phenoxy) is 1. The number of amides is 1. The van der Waals surface area contributed by atoms with Gasteiger partial charge in [-0.1, -0.05) is 70.0 Å². The summed E-state index contributed by atoms with van der Waals surface area (Å²) in [6.07, 6.45) is 1.37. The van der Waals surface area contributed by atoms with E-state index in [1.165, 1.54) is 6.08 Å². The number of nitrogens with one attached hydrogen (secondary N) is 1. The molecule has 4 aromatic rings. The number of nitriles is 1. The van der Waals surface area contributed by atoms with Crippen LogP contribution >= 0.6 is 27.5 Å². The molecule has 0 radical (unpaired) electrons. The molecule has 0 bridgehead atoms. The Labute approximate surface area is 209 Å². The predicted molar refractivity (Wildman–Crippen MR) is 137 cm³/mol. The summed E-state index contributed by atoms with van der Waals surface area (Å²) in [6.45, 7) is 0. The van der Waals surface area contributed by atoms with Crippen LogP contribution in [0.25, 0.3) is 16.8 Å².